The number of rotatable bonds is 1. The summed E-state index contributed by atoms with van der Waals surface area (Å²) < 4.78 is 1.52. The molecule has 3 rings (SSSR count). The van der Waals surface area contributed by atoms with Crippen molar-refractivity contribution in [2.24, 2.45) is 0 Å². The van der Waals surface area contributed by atoms with Crippen LogP contribution in [0, 0.1) is 0 Å². The second-order valence-electron chi connectivity index (χ2n) is 3.71. The fourth-order valence-corrected chi connectivity index (χ4v) is 1.69. The molecule has 0 aliphatic rings. The highest BCUT2D eigenvalue weighted by Gasteiger charge is 2.08. The van der Waals surface area contributed by atoms with E-state index >= 15 is 0 Å². The van der Waals surface area contributed by atoms with Crippen LogP contribution in [-0.2, 0) is 0 Å². The van der Waals surface area contributed by atoms with Gasteiger partial charge in [0.1, 0.15) is 5.75 Å². The molecule has 0 spiro atoms. The van der Waals surface area contributed by atoms with Gasteiger partial charge in [-0.1, -0.05) is 12.1 Å². The van der Waals surface area contributed by atoms with Gasteiger partial charge in [-0.3, -0.25) is 0 Å². The van der Waals surface area contributed by atoms with Gasteiger partial charge in [0.2, 0.25) is 0 Å². The Balaban J connectivity index is 2.22. The Labute approximate surface area is 97.1 Å². The topological polar surface area (TPSA) is 76.4 Å². The Kier molecular flexibility index (Phi) is 1.98. The van der Waals surface area contributed by atoms with E-state index in [0.29, 0.717) is 17.2 Å². The van der Waals surface area contributed by atoms with Gasteiger partial charge in [0.25, 0.3) is 0 Å². The third-order valence-electron chi connectivity index (χ3n) is 2.52. The zero-order chi connectivity index (χ0) is 11.8. The molecule has 0 aliphatic heterocycles. The molecule has 1 aromatic carbocycles. The number of para-hydroxylation sites is 1. The maximum atomic E-state index is 9.35. The number of aromatic hydroxyl groups is 1. The van der Waals surface area contributed by atoms with Gasteiger partial charge in [0.05, 0.1) is 6.20 Å². The fraction of sp³-hybridized carbons (Fsp3) is 0. The minimum absolute atomic E-state index is 0.148. The Morgan fingerprint density at radius 1 is 1.12 bits per heavy atom. The molecule has 3 aromatic rings. The number of aromatic nitrogens is 3. The van der Waals surface area contributed by atoms with E-state index in [-0.39, 0.29) is 5.75 Å². The number of nitrogens with two attached hydrogens (primary N) is 1. The molecule has 0 saturated carbocycles. The summed E-state index contributed by atoms with van der Waals surface area (Å²) in [5.41, 5.74) is 7.95. The zero-order valence-electron chi connectivity index (χ0n) is 8.91. The Bertz CT molecular complexity index is 690. The van der Waals surface area contributed by atoms with Crippen molar-refractivity contribution < 1.29 is 5.11 Å². The molecular weight excluding hydrogens is 216 g/mol. The molecule has 2 heterocycles. The summed E-state index contributed by atoms with van der Waals surface area (Å²) in [7, 11) is 0. The largest absolute Gasteiger partial charge is 0.506 e. The summed E-state index contributed by atoms with van der Waals surface area (Å²) in [6.07, 6.45) is 1.50. The number of anilines is 1. The van der Waals surface area contributed by atoms with Crippen LogP contribution in [0.15, 0.2) is 42.6 Å². The van der Waals surface area contributed by atoms with Gasteiger partial charge in [-0.15, -0.1) is 5.10 Å². The number of nitrogen functional groups attached to an aromatic ring is 1. The van der Waals surface area contributed by atoms with Gasteiger partial charge in [0, 0.05) is 11.3 Å². The van der Waals surface area contributed by atoms with E-state index in [1.165, 1.54) is 10.7 Å². The van der Waals surface area contributed by atoms with Crippen molar-refractivity contribution in [2.45, 2.75) is 0 Å². The molecule has 0 radical (unpaired) electrons. The predicted molar refractivity (Wildman–Crippen MR) is 64.5 cm³/mol. The monoisotopic (exact) mass is 226 g/mol. The molecular formula is C12H10N4O. The summed E-state index contributed by atoms with van der Waals surface area (Å²) in [5.74, 6) is 0.698. The lowest BCUT2D eigenvalue weighted by Gasteiger charge is -1.98. The first kappa shape index (κ1) is 9.65. The number of benzene rings is 1. The molecule has 17 heavy (non-hydrogen) atoms. The average molecular weight is 226 g/mol. The van der Waals surface area contributed by atoms with Crippen molar-refractivity contribution in [3.8, 4) is 17.1 Å². The van der Waals surface area contributed by atoms with Crippen molar-refractivity contribution in [1.82, 2.24) is 14.6 Å². The fourth-order valence-electron chi connectivity index (χ4n) is 1.69. The molecule has 5 nitrogen and oxygen atoms in total. The quantitative estimate of drug-likeness (QED) is 0.619. The lowest BCUT2D eigenvalue weighted by molar-refractivity contribution is 0.470. The standard InChI is InChI=1S/C12H10N4O/c13-10-4-2-1-3-9(10)12-14-11-6-5-8(17)7-16(11)15-12/h1-7,17H,13H2. The van der Waals surface area contributed by atoms with Gasteiger partial charge in [0.15, 0.2) is 11.5 Å². The molecule has 0 saturated heterocycles. The molecule has 0 bridgehead atoms. The van der Waals surface area contributed by atoms with E-state index in [4.69, 9.17) is 5.73 Å². The highest BCUT2D eigenvalue weighted by atomic mass is 16.3. The molecule has 84 valence electrons. The van der Waals surface area contributed by atoms with Gasteiger partial charge in [-0.2, -0.15) is 0 Å². The first-order valence-corrected chi connectivity index (χ1v) is 5.14. The van der Waals surface area contributed by atoms with Crippen LogP contribution in [0.3, 0.4) is 0 Å². The lowest BCUT2D eigenvalue weighted by atomic mass is 10.2. The number of hydrogen-bond donors (Lipinski definition) is 2. The normalized spacial score (nSPS) is 10.8. The second kappa shape index (κ2) is 3.48. The van der Waals surface area contributed by atoms with Crippen LogP contribution in [0.4, 0.5) is 5.69 Å². The van der Waals surface area contributed by atoms with E-state index in [0.717, 1.165) is 5.56 Å². The van der Waals surface area contributed by atoms with Crippen LogP contribution in [0.5, 0.6) is 5.75 Å². The molecule has 2 aromatic heterocycles. The SMILES string of the molecule is Nc1ccccc1-c1nc2ccc(O)cn2n1. The highest BCUT2D eigenvalue weighted by molar-refractivity contribution is 5.72. The summed E-state index contributed by atoms with van der Waals surface area (Å²) in [4.78, 5) is 4.35. The highest BCUT2D eigenvalue weighted by Crippen LogP contribution is 2.23. The maximum Gasteiger partial charge on any atom is 0.184 e. The molecule has 5 heteroatoms. The van der Waals surface area contributed by atoms with E-state index in [9.17, 15) is 5.11 Å². The van der Waals surface area contributed by atoms with E-state index in [2.05, 4.69) is 10.1 Å². The van der Waals surface area contributed by atoms with Crippen molar-refractivity contribution in [2.75, 3.05) is 5.73 Å². The Hall–Kier alpha value is -2.56. The van der Waals surface area contributed by atoms with Crippen molar-refractivity contribution in [1.29, 1.82) is 0 Å². The number of nitrogens with zero attached hydrogens (tertiary/aromatic N) is 3. The molecule has 0 fully saturated rings. The average Bonchev–Trinajstić information content (AvgIpc) is 2.72. The van der Waals surface area contributed by atoms with Crippen LogP contribution < -0.4 is 5.73 Å². The first-order valence-electron chi connectivity index (χ1n) is 5.14. The summed E-state index contributed by atoms with van der Waals surface area (Å²) >= 11 is 0. The van der Waals surface area contributed by atoms with E-state index in [1.807, 2.05) is 18.2 Å². The first-order chi connectivity index (χ1) is 8.24. The van der Waals surface area contributed by atoms with Crippen LogP contribution in [0.2, 0.25) is 0 Å². The van der Waals surface area contributed by atoms with Gasteiger partial charge in [-0.25, -0.2) is 9.50 Å². The zero-order valence-corrected chi connectivity index (χ0v) is 8.91. The van der Waals surface area contributed by atoms with Crippen LogP contribution >= 0.6 is 0 Å². The maximum absolute atomic E-state index is 9.35. The lowest BCUT2D eigenvalue weighted by Crippen LogP contribution is -1.91. The Morgan fingerprint density at radius 3 is 2.76 bits per heavy atom. The minimum atomic E-state index is 0.148. The van der Waals surface area contributed by atoms with Gasteiger partial charge in [-0.05, 0) is 24.3 Å². The number of fused-ring (bicyclic) bond motifs is 1. The molecule has 0 atom stereocenters. The van der Waals surface area contributed by atoms with Gasteiger partial charge >= 0.3 is 0 Å². The summed E-state index contributed by atoms with van der Waals surface area (Å²) in [5, 5.41) is 13.6. The summed E-state index contributed by atoms with van der Waals surface area (Å²) in [6.45, 7) is 0. The van der Waals surface area contributed by atoms with Crippen molar-refractivity contribution in [3.05, 3.63) is 42.6 Å². The number of pyridine rings is 1. The van der Waals surface area contributed by atoms with Crippen LogP contribution in [0.25, 0.3) is 17.0 Å². The Morgan fingerprint density at radius 2 is 1.94 bits per heavy atom. The third kappa shape index (κ3) is 1.57. The molecule has 0 unspecified atom stereocenters. The van der Waals surface area contributed by atoms with Crippen LogP contribution in [0.1, 0.15) is 0 Å². The summed E-state index contributed by atoms with van der Waals surface area (Å²) in [6, 6.07) is 10.7. The molecule has 0 amide bonds. The predicted octanol–water partition coefficient (Wildman–Crippen LogP) is 1.68. The van der Waals surface area contributed by atoms with Crippen molar-refractivity contribution >= 4 is 11.3 Å². The van der Waals surface area contributed by atoms with E-state index in [1.54, 1.807) is 18.2 Å². The smallest absolute Gasteiger partial charge is 0.184 e. The molecule has 0 aliphatic carbocycles. The van der Waals surface area contributed by atoms with E-state index < -0.39 is 0 Å². The third-order valence-corrected chi connectivity index (χ3v) is 2.52. The van der Waals surface area contributed by atoms with Gasteiger partial charge < -0.3 is 10.8 Å². The molecule has 3 N–H and O–H groups in total. The van der Waals surface area contributed by atoms with Crippen LogP contribution in [-0.4, -0.2) is 19.7 Å². The minimum Gasteiger partial charge on any atom is -0.506 e. The number of hydrogen-bond acceptors (Lipinski definition) is 4. The second-order valence-corrected chi connectivity index (χ2v) is 3.71. The van der Waals surface area contributed by atoms with Crippen molar-refractivity contribution in [3.63, 3.8) is 0 Å².